The van der Waals surface area contributed by atoms with Crippen LogP contribution < -0.4 is 5.32 Å². The average molecular weight is 373 g/mol. The van der Waals surface area contributed by atoms with Gasteiger partial charge in [-0.3, -0.25) is 9.59 Å². The van der Waals surface area contributed by atoms with Gasteiger partial charge in [0.25, 0.3) is 5.91 Å². The molecule has 0 fully saturated rings. The smallest absolute Gasteiger partial charge is 0.304 e. The van der Waals surface area contributed by atoms with E-state index in [9.17, 15) is 9.59 Å². The van der Waals surface area contributed by atoms with E-state index in [-0.39, 0.29) is 12.3 Å². The predicted octanol–water partition coefficient (Wildman–Crippen LogP) is 3.94. The lowest BCUT2D eigenvalue weighted by atomic mass is 10.2. The van der Waals surface area contributed by atoms with Crippen molar-refractivity contribution in [3.8, 4) is 0 Å². The van der Waals surface area contributed by atoms with Crippen LogP contribution in [-0.4, -0.2) is 28.8 Å². The highest BCUT2D eigenvalue weighted by Crippen LogP contribution is 2.17. The molecule has 1 unspecified atom stereocenters. The van der Waals surface area contributed by atoms with Gasteiger partial charge in [-0.05, 0) is 30.2 Å². The van der Waals surface area contributed by atoms with Crippen LogP contribution >= 0.6 is 11.8 Å². The zero-order valence-corrected chi connectivity index (χ0v) is 15.5. The van der Waals surface area contributed by atoms with E-state index in [1.165, 1.54) is 0 Å². The van der Waals surface area contributed by atoms with Crippen molar-refractivity contribution in [2.45, 2.75) is 31.8 Å². The Balaban J connectivity index is 1.80. The summed E-state index contributed by atoms with van der Waals surface area (Å²) in [5.74, 6) is 0.285. The van der Waals surface area contributed by atoms with Gasteiger partial charge in [0.2, 0.25) is 0 Å². The highest BCUT2D eigenvalue weighted by molar-refractivity contribution is 7.98. The topological polar surface area (TPSA) is 75.6 Å². The Bertz CT molecular complexity index is 721. The van der Waals surface area contributed by atoms with Gasteiger partial charge in [-0.25, -0.2) is 0 Å². The normalized spacial score (nSPS) is 11.7. The van der Waals surface area contributed by atoms with E-state index in [0.29, 0.717) is 23.8 Å². The monoisotopic (exact) mass is 373 g/mol. The molecule has 2 aromatic carbocycles. The molecule has 0 radical (unpaired) electrons. The van der Waals surface area contributed by atoms with Crippen LogP contribution in [0, 0.1) is 0 Å². The highest BCUT2D eigenvalue weighted by atomic mass is 32.2. The number of carbonyl (C=O) groups is 2. The third-order valence-corrected chi connectivity index (χ3v) is 4.67. The second kappa shape index (κ2) is 10.6. The van der Waals surface area contributed by atoms with Gasteiger partial charge < -0.3 is 15.2 Å². The standard InChI is InChI=1S/C20H23NO4S/c1-15(25-13-16-6-3-2-4-7-16)20(24)21-18-9-5-8-17(12-18)14-26-11-10-19(22)23/h2-9,12,15H,10-11,13-14H2,1H3,(H,21,24)(H,22,23). The maximum atomic E-state index is 12.3. The van der Waals surface area contributed by atoms with E-state index in [4.69, 9.17) is 9.84 Å². The van der Waals surface area contributed by atoms with Gasteiger partial charge in [0.05, 0.1) is 13.0 Å². The fraction of sp³-hybridized carbons (Fsp3) is 0.300. The Morgan fingerprint density at radius 3 is 2.58 bits per heavy atom. The van der Waals surface area contributed by atoms with Gasteiger partial charge >= 0.3 is 5.97 Å². The van der Waals surface area contributed by atoms with Gasteiger partial charge in [0.1, 0.15) is 6.10 Å². The minimum atomic E-state index is -0.789. The molecule has 0 saturated heterocycles. The first kappa shape index (κ1) is 20.0. The molecule has 0 aromatic heterocycles. The summed E-state index contributed by atoms with van der Waals surface area (Å²) in [6.07, 6.45) is -0.416. The van der Waals surface area contributed by atoms with E-state index in [2.05, 4.69) is 5.32 Å². The molecule has 0 spiro atoms. The zero-order chi connectivity index (χ0) is 18.8. The first-order chi connectivity index (χ1) is 12.5. The zero-order valence-electron chi connectivity index (χ0n) is 14.7. The molecule has 26 heavy (non-hydrogen) atoms. The third-order valence-electron chi connectivity index (χ3n) is 3.64. The number of rotatable bonds is 10. The number of hydrogen-bond donors (Lipinski definition) is 2. The Morgan fingerprint density at radius 1 is 1.12 bits per heavy atom. The summed E-state index contributed by atoms with van der Waals surface area (Å²) >= 11 is 1.56. The molecule has 2 N–H and O–H groups in total. The summed E-state index contributed by atoms with van der Waals surface area (Å²) in [4.78, 5) is 22.8. The van der Waals surface area contributed by atoms with E-state index in [1.54, 1.807) is 18.7 Å². The molecule has 6 heteroatoms. The van der Waals surface area contributed by atoms with Crippen LogP contribution in [0.5, 0.6) is 0 Å². The molecule has 2 aromatic rings. The number of aliphatic carboxylic acids is 1. The lowest BCUT2D eigenvalue weighted by Gasteiger charge is -2.14. The molecule has 0 aliphatic rings. The molecule has 0 bridgehead atoms. The molecule has 1 atom stereocenters. The molecular weight excluding hydrogens is 350 g/mol. The van der Waals surface area contributed by atoms with E-state index in [0.717, 1.165) is 11.1 Å². The number of nitrogens with one attached hydrogen (secondary N) is 1. The number of ether oxygens (including phenoxy) is 1. The van der Waals surface area contributed by atoms with Gasteiger partial charge in [-0.1, -0.05) is 42.5 Å². The number of anilines is 1. The lowest BCUT2D eigenvalue weighted by Crippen LogP contribution is -2.27. The number of carboxylic acids is 1. The molecule has 0 heterocycles. The first-order valence-electron chi connectivity index (χ1n) is 8.39. The van der Waals surface area contributed by atoms with Gasteiger partial charge in [0.15, 0.2) is 0 Å². The predicted molar refractivity (Wildman–Crippen MR) is 104 cm³/mol. The van der Waals surface area contributed by atoms with Gasteiger partial charge in [0, 0.05) is 17.2 Å². The van der Waals surface area contributed by atoms with Crippen LogP contribution in [-0.2, 0) is 26.7 Å². The second-order valence-electron chi connectivity index (χ2n) is 5.82. The quantitative estimate of drug-likeness (QED) is 0.617. The number of carboxylic acid groups (broad SMARTS) is 1. The molecule has 5 nitrogen and oxygen atoms in total. The SMILES string of the molecule is CC(OCc1ccccc1)C(=O)Nc1cccc(CSCCC(=O)O)c1. The van der Waals surface area contributed by atoms with E-state index in [1.807, 2.05) is 54.6 Å². The molecule has 0 aliphatic carbocycles. The maximum absolute atomic E-state index is 12.3. The Hall–Kier alpha value is -2.31. The van der Waals surface area contributed by atoms with Crippen molar-refractivity contribution in [1.29, 1.82) is 0 Å². The van der Waals surface area contributed by atoms with Crippen molar-refractivity contribution in [3.05, 3.63) is 65.7 Å². The Morgan fingerprint density at radius 2 is 1.85 bits per heavy atom. The highest BCUT2D eigenvalue weighted by Gasteiger charge is 2.13. The molecule has 138 valence electrons. The second-order valence-corrected chi connectivity index (χ2v) is 6.93. The largest absolute Gasteiger partial charge is 0.481 e. The number of amides is 1. The minimum Gasteiger partial charge on any atom is -0.481 e. The van der Waals surface area contributed by atoms with E-state index < -0.39 is 12.1 Å². The van der Waals surface area contributed by atoms with Crippen LogP contribution in [0.1, 0.15) is 24.5 Å². The van der Waals surface area contributed by atoms with Gasteiger partial charge in [-0.2, -0.15) is 11.8 Å². The third kappa shape index (κ3) is 7.29. The van der Waals surface area contributed by atoms with Crippen molar-refractivity contribution in [1.82, 2.24) is 0 Å². The number of carbonyl (C=O) groups excluding carboxylic acids is 1. The summed E-state index contributed by atoms with van der Waals surface area (Å²) < 4.78 is 5.62. The molecule has 0 aliphatic heterocycles. The summed E-state index contributed by atoms with van der Waals surface area (Å²) in [7, 11) is 0. The average Bonchev–Trinajstić information content (AvgIpc) is 2.64. The molecule has 0 saturated carbocycles. The van der Waals surface area contributed by atoms with Crippen LogP contribution in [0.3, 0.4) is 0 Å². The summed E-state index contributed by atoms with van der Waals surface area (Å²) in [6, 6.07) is 17.3. The van der Waals surface area contributed by atoms with Crippen LogP contribution in [0.2, 0.25) is 0 Å². The fourth-order valence-corrected chi connectivity index (χ4v) is 3.08. The molecular formula is C20H23NO4S. The number of hydrogen-bond acceptors (Lipinski definition) is 4. The maximum Gasteiger partial charge on any atom is 0.304 e. The first-order valence-corrected chi connectivity index (χ1v) is 9.55. The lowest BCUT2D eigenvalue weighted by molar-refractivity contribution is -0.136. The van der Waals surface area contributed by atoms with Crippen molar-refractivity contribution >= 4 is 29.3 Å². The van der Waals surface area contributed by atoms with Crippen molar-refractivity contribution in [3.63, 3.8) is 0 Å². The van der Waals surface area contributed by atoms with Crippen molar-refractivity contribution in [2.24, 2.45) is 0 Å². The van der Waals surface area contributed by atoms with Crippen LogP contribution in [0.4, 0.5) is 5.69 Å². The summed E-state index contributed by atoms with van der Waals surface area (Å²) in [5.41, 5.74) is 2.77. The number of benzene rings is 2. The fourth-order valence-electron chi connectivity index (χ4n) is 2.20. The Kier molecular flexibility index (Phi) is 8.18. The van der Waals surface area contributed by atoms with E-state index >= 15 is 0 Å². The van der Waals surface area contributed by atoms with Crippen molar-refractivity contribution < 1.29 is 19.4 Å². The summed E-state index contributed by atoms with van der Waals surface area (Å²) in [6.45, 7) is 2.11. The van der Waals surface area contributed by atoms with Crippen LogP contribution in [0.25, 0.3) is 0 Å². The van der Waals surface area contributed by atoms with Gasteiger partial charge in [-0.15, -0.1) is 0 Å². The van der Waals surface area contributed by atoms with Crippen LogP contribution in [0.15, 0.2) is 54.6 Å². The minimum absolute atomic E-state index is 0.150. The molecule has 1 amide bonds. The number of thioether (sulfide) groups is 1. The summed E-state index contributed by atoms with van der Waals surface area (Å²) in [5, 5.41) is 11.5. The Labute approximate surface area is 157 Å². The molecule has 2 rings (SSSR count). The van der Waals surface area contributed by atoms with Crippen molar-refractivity contribution in [2.75, 3.05) is 11.1 Å².